The van der Waals surface area contributed by atoms with Gasteiger partial charge in [-0.1, -0.05) is 23.5 Å². The second-order valence-corrected chi connectivity index (χ2v) is 8.09. The first kappa shape index (κ1) is 17.8. The standard InChI is InChI=1S/C19H16FN3O2S2/c20-14-3-1-12(2-4-14)9-17(24)23-7-5-15-16(10-23)27-19(21-15)22-18(25)13-6-8-26-11-13/h1-4,6,8,11H,5,7,9-10H2,(H,21,22,25). The molecule has 2 amide bonds. The quantitative estimate of drug-likeness (QED) is 0.725. The Morgan fingerprint density at radius 2 is 2.04 bits per heavy atom. The van der Waals surface area contributed by atoms with E-state index in [2.05, 4.69) is 10.3 Å². The maximum absolute atomic E-state index is 13.0. The van der Waals surface area contributed by atoms with Crippen molar-refractivity contribution in [2.75, 3.05) is 11.9 Å². The van der Waals surface area contributed by atoms with E-state index in [4.69, 9.17) is 0 Å². The largest absolute Gasteiger partial charge is 0.337 e. The van der Waals surface area contributed by atoms with Crippen LogP contribution in [0.15, 0.2) is 41.1 Å². The molecular formula is C19H16FN3O2S2. The number of carbonyl (C=O) groups is 2. The Morgan fingerprint density at radius 3 is 2.78 bits per heavy atom. The second kappa shape index (κ2) is 7.58. The van der Waals surface area contributed by atoms with Gasteiger partial charge in [-0.2, -0.15) is 11.3 Å². The molecule has 8 heteroatoms. The molecule has 1 aliphatic heterocycles. The summed E-state index contributed by atoms with van der Waals surface area (Å²) in [6, 6.07) is 7.76. The highest BCUT2D eigenvalue weighted by Gasteiger charge is 2.24. The van der Waals surface area contributed by atoms with Crippen molar-refractivity contribution in [3.8, 4) is 0 Å². The lowest BCUT2D eigenvalue weighted by Gasteiger charge is -2.26. The molecule has 27 heavy (non-hydrogen) atoms. The molecule has 0 spiro atoms. The lowest BCUT2D eigenvalue weighted by Crippen LogP contribution is -2.36. The Morgan fingerprint density at radius 1 is 1.22 bits per heavy atom. The number of anilines is 1. The van der Waals surface area contributed by atoms with Crippen LogP contribution in [0.25, 0.3) is 0 Å². The number of benzene rings is 1. The third-order valence-electron chi connectivity index (χ3n) is 4.36. The van der Waals surface area contributed by atoms with Crippen LogP contribution in [-0.2, 0) is 24.2 Å². The lowest BCUT2D eigenvalue weighted by molar-refractivity contribution is -0.131. The van der Waals surface area contributed by atoms with Gasteiger partial charge in [0.25, 0.3) is 5.91 Å². The average molecular weight is 401 g/mol. The van der Waals surface area contributed by atoms with E-state index in [1.165, 1.54) is 34.8 Å². The van der Waals surface area contributed by atoms with Gasteiger partial charge in [0.2, 0.25) is 5.91 Å². The lowest BCUT2D eigenvalue weighted by atomic mass is 10.1. The van der Waals surface area contributed by atoms with Crippen molar-refractivity contribution in [3.05, 3.63) is 68.6 Å². The molecule has 1 aliphatic rings. The zero-order valence-electron chi connectivity index (χ0n) is 14.3. The van der Waals surface area contributed by atoms with Crippen LogP contribution >= 0.6 is 22.7 Å². The molecule has 0 saturated carbocycles. The molecule has 5 nitrogen and oxygen atoms in total. The highest BCUT2D eigenvalue weighted by molar-refractivity contribution is 7.16. The molecule has 1 aromatic carbocycles. The highest BCUT2D eigenvalue weighted by atomic mass is 32.1. The number of hydrogen-bond donors (Lipinski definition) is 1. The van der Waals surface area contributed by atoms with Crippen molar-refractivity contribution in [2.24, 2.45) is 0 Å². The minimum absolute atomic E-state index is 0.00418. The van der Waals surface area contributed by atoms with E-state index in [9.17, 15) is 14.0 Å². The number of nitrogens with zero attached hydrogens (tertiary/aromatic N) is 2. The number of amides is 2. The summed E-state index contributed by atoms with van der Waals surface area (Å²) in [7, 11) is 0. The topological polar surface area (TPSA) is 62.3 Å². The van der Waals surface area contributed by atoms with Crippen LogP contribution in [-0.4, -0.2) is 28.2 Å². The number of thiazole rings is 1. The van der Waals surface area contributed by atoms with E-state index >= 15 is 0 Å². The molecule has 3 aromatic rings. The third-order valence-corrected chi connectivity index (χ3v) is 6.04. The third kappa shape index (κ3) is 4.06. The van der Waals surface area contributed by atoms with Crippen molar-refractivity contribution in [2.45, 2.75) is 19.4 Å². The van der Waals surface area contributed by atoms with Crippen LogP contribution in [0.2, 0.25) is 0 Å². The van der Waals surface area contributed by atoms with Crippen LogP contribution in [0, 0.1) is 5.82 Å². The smallest absolute Gasteiger partial charge is 0.258 e. The summed E-state index contributed by atoms with van der Waals surface area (Å²) in [6.07, 6.45) is 0.908. The number of thiophene rings is 1. The van der Waals surface area contributed by atoms with Gasteiger partial charge in [-0.05, 0) is 29.1 Å². The molecule has 0 fully saturated rings. The van der Waals surface area contributed by atoms with Gasteiger partial charge in [0.1, 0.15) is 5.82 Å². The van der Waals surface area contributed by atoms with Crippen LogP contribution in [0.5, 0.6) is 0 Å². The van der Waals surface area contributed by atoms with Crippen molar-refractivity contribution in [1.29, 1.82) is 0 Å². The number of rotatable bonds is 4. The number of carbonyl (C=O) groups excluding carboxylic acids is 2. The number of aromatic nitrogens is 1. The molecule has 0 atom stereocenters. The van der Waals surface area contributed by atoms with Crippen molar-refractivity contribution >= 4 is 39.6 Å². The molecule has 0 radical (unpaired) electrons. The molecule has 138 valence electrons. The summed E-state index contributed by atoms with van der Waals surface area (Å²) >= 11 is 2.88. The van der Waals surface area contributed by atoms with Crippen LogP contribution in [0.1, 0.15) is 26.5 Å². The first-order valence-corrected chi connectivity index (χ1v) is 10.2. The van der Waals surface area contributed by atoms with Crippen molar-refractivity contribution in [3.63, 3.8) is 0 Å². The van der Waals surface area contributed by atoms with Crippen LogP contribution in [0.3, 0.4) is 0 Å². The molecule has 2 aromatic heterocycles. The molecular weight excluding hydrogens is 385 g/mol. The second-order valence-electron chi connectivity index (χ2n) is 6.22. The first-order valence-electron chi connectivity index (χ1n) is 8.43. The minimum Gasteiger partial charge on any atom is -0.337 e. The molecule has 0 bridgehead atoms. The zero-order valence-corrected chi connectivity index (χ0v) is 15.9. The number of nitrogens with one attached hydrogen (secondary N) is 1. The monoisotopic (exact) mass is 401 g/mol. The summed E-state index contributed by atoms with van der Waals surface area (Å²) < 4.78 is 13.0. The van der Waals surface area contributed by atoms with Gasteiger partial charge in [-0.15, -0.1) is 0 Å². The Bertz CT molecular complexity index is 968. The Kier molecular flexibility index (Phi) is 5.00. The predicted octanol–water partition coefficient (Wildman–Crippen LogP) is 3.72. The van der Waals surface area contributed by atoms with Gasteiger partial charge in [0, 0.05) is 23.2 Å². The first-order chi connectivity index (χ1) is 13.1. The average Bonchev–Trinajstić information content (AvgIpc) is 3.32. The fraction of sp³-hybridized carbons (Fsp3) is 0.211. The predicted molar refractivity (Wildman–Crippen MR) is 104 cm³/mol. The van der Waals surface area contributed by atoms with E-state index in [1.54, 1.807) is 28.5 Å². The van der Waals surface area contributed by atoms with Crippen LogP contribution in [0.4, 0.5) is 9.52 Å². The van der Waals surface area contributed by atoms with E-state index in [1.807, 2.05) is 5.38 Å². The molecule has 0 aliphatic carbocycles. The van der Waals surface area contributed by atoms with E-state index in [-0.39, 0.29) is 24.1 Å². The number of fused-ring (bicyclic) bond motifs is 1. The Balaban J connectivity index is 1.40. The van der Waals surface area contributed by atoms with Gasteiger partial charge >= 0.3 is 0 Å². The van der Waals surface area contributed by atoms with Crippen LogP contribution < -0.4 is 5.32 Å². The number of hydrogen-bond acceptors (Lipinski definition) is 5. The summed E-state index contributed by atoms with van der Waals surface area (Å²) in [5.41, 5.74) is 2.34. The van der Waals surface area contributed by atoms with Gasteiger partial charge in [0.05, 0.1) is 24.2 Å². The summed E-state index contributed by atoms with van der Waals surface area (Å²) in [6.45, 7) is 1.08. The highest BCUT2D eigenvalue weighted by Crippen LogP contribution is 2.29. The van der Waals surface area contributed by atoms with E-state index < -0.39 is 0 Å². The molecule has 3 heterocycles. The van der Waals surface area contributed by atoms with E-state index in [0.29, 0.717) is 30.2 Å². The van der Waals surface area contributed by atoms with Gasteiger partial charge in [0.15, 0.2) is 5.13 Å². The van der Waals surface area contributed by atoms with Crippen molar-refractivity contribution < 1.29 is 14.0 Å². The van der Waals surface area contributed by atoms with Crippen molar-refractivity contribution in [1.82, 2.24) is 9.88 Å². The summed E-state index contributed by atoms with van der Waals surface area (Å²) in [5.74, 6) is -0.480. The molecule has 4 rings (SSSR count). The maximum atomic E-state index is 13.0. The molecule has 0 saturated heterocycles. The summed E-state index contributed by atoms with van der Waals surface area (Å²) in [5, 5.41) is 7.03. The van der Waals surface area contributed by atoms with Gasteiger partial charge in [-0.3, -0.25) is 14.9 Å². The normalized spacial score (nSPS) is 13.3. The fourth-order valence-corrected chi connectivity index (χ4v) is 4.57. The SMILES string of the molecule is O=C(Nc1nc2c(s1)CN(C(=O)Cc1ccc(F)cc1)CC2)c1ccsc1. The fourth-order valence-electron chi connectivity index (χ4n) is 2.91. The Hall–Kier alpha value is -2.58. The van der Waals surface area contributed by atoms with Gasteiger partial charge in [-0.25, -0.2) is 9.37 Å². The maximum Gasteiger partial charge on any atom is 0.258 e. The zero-order chi connectivity index (χ0) is 18.8. The van der Waals surface area contributed by atoms with Gasteiger partial charge < -0.3 is 4.90 Å². The Labute approximate surface area is 163 Å². The van der Waals surface area contributed by atoms with E-state index in [0.717, 1.165) is 16.1 Å². The summed E-state index contributed by atoms with van der Waals surface area (Å²) in [4.78, 5) is 32.0. The molecule has 1 N–H and O–H groups in total. The minimum atomic E-state index is -0.310. The number of halogens is 1. The molecule has 0 unspecified atom stereocenters.